The fourth-order valence-electron chi connectivity index (χ4n) is 0.385. The van der Waals surface area contributed by atoms with Crippen LogP contribution < -0.4 is 22.9 Å². The van der Waals surface area contributed by atoms with Gasteiger partial charge < -0.3 is 22.9 Å². The zero-order valence-electron chi connectivity index (χ0n) is 19.7. The summed E-state index contributed by atoms with van der Waals surface area (Å²) < 4.78 is 0. The highest BCUT2D eigenvalue weighted by molar-refractivity contribution is 5.76. The average Bonchev–Trinajstić information content (AvgIpc) is 2.64. The third kappa shape index (κ3) is 40.0. The molecule has 8 nitrogen and oxygen atoms in total. The van der Waals surface area contributed by atoms with E-state index < -0.39 is 0 Å². The first-order chi connectivity index (χ1) is 13.6. The Morgan fingerprint density at radius 1 is 0.400 bits per heavy atom. The fourth-order valence-corrected chi connectivity index (χ4v) is 0.385. The van der Waals surface area contributed by atoms with Gasteiger partial charge in [-0.05, 0) is 0 Å². The van der Waals surface area contributed by atoms with Crippen LogP contribution in [0.1, 0.15) is 55.4 Å². The largest absolute Gasteiger partial charge is 0.369 e. The number of hydrogen-bond acceptors (Lipinski definition) is 4. The van der Waals surface area contributed by atoms with Crippen LogP contribution in [0.25, 0.3) is 0 Å². The number of amides is 4. The summed E-state index contributed by atoms with van der Waals surface area (Å²) in [6.45, 7) is 14.1. The lowest BCUT2D eigenvalue weighted by molar-refractivity contribution is -0.121. The number of nitrogens with two attached hydrogens (primary N) is 4. The number of rotatable bonds is 4. The van der Waals surface area contributed by atoms with Gasteiger partial charge in [0.15, 0.2) is 0 Å². The first-order valence-electron chi connectivity index (χ1n) is 9.74. The van der Waals surface area contributed by atoms with E-state index in [0.29, 0.717) is 0 Å². The summed E-state index contributed by atoms with van der Waals surface area (Å²) in [5.74, 6) is -1.000. The summed E-state index contributed by atoms with van der Waals surface area (Å²) in [6.07, 6.45) is 0. The molecule has 0 radical (unpaired) electrons. The van der Waals surface area contributed by atoms with Crippen molar-refractivity contribution in [3.63, 3.8) is 0 Å². The van der Waals surface area contributed by atoms with Gasteiger partial charge >= 0.3 is 0 Å². The minimum absolute atomic E-state index is 0.00926. The van der Waals surface area contributed by atoms with Crippen LogP contribution in [-0.2, 0) is 19.2 Å². The highest BCUT2D eigenvalue weighted by atomic mass is 16.2. The minimum atomic E-state index is -0.241. The molecule has 0 aliphatic carbocycles. The van der Waals surface area contributed by atoms with Crippen molar-refractivity contribution < 1.29 is 19.2 Å². The number of carbonyl (C=O) groups excluding carboxylic acids is 4. The van der Waals surface area contributed by atoms with E-state index in [9.17, 15) is 19.2 Å². The van der Waals surface area contributed by atoms with Gasteiger partial charge in [-0.3, -0.25) is 19.2 Å². The van der Waals surface area contributed by atoms with Crippen LogP contribution in [-0.4, -0.2) is 23.6 Å². The highest BCUT2D eigenvalue weighted by Crippen LogP contribution is 1.86. The van der Waals surface area contributed by atoms with E-state index in [4.69, 9.17) is 22.9 Å². The van der Waals surface area contributed by atoms with Crippen molar-refractivity contribution in [1.82, 2.24) is 0 Å². The van der Waals surface area contributed by atoms with E-state index in [1.54, 1.807) is 55.4 Å². The molecule has 0 heterocycles. The molecule has 4 amide bonds. The number of primary amides is 4. The Bertz CT molecular complexity index is 473. The second-order valence-electron chi connectivity index (χ2n) is 7.38. The van der Waals surface area contributed by atoms with Crippen LogP contribution in [0.5, 0.6) is 0 Å². The van der Waals surface area contributed by atoms with Crippen molar-refractivity contribution in [2.24, 2.45) is 46.6 Å². The van der Waals surface area contributed by atoms with E-state index in [1.807, 2.05) is 36.4 Å². The molecule has 0 aliphatic heterocycles. The molecule has 174 valence electrons. The fraction of sp³-hybridized carbons (Fsp3) is 0.545. The molecule has 0 fully saturated rings. The van der Waals surface area contributed by atoms with Gasteiger partial charge in [0.05, 0.1) is 0 Å². The molecule has 0 bridgehead atoms. The summed E-state index contributed by atoms with van der Waals surface area (Å²) in [4.78, 5) is 39.7. The number of carbonyl (C=O) groups is 4. The van der Waals surface area contributed by atoms with E-state index in [0.717, 1.165) is 0 Å². The lowest BCUT2D eigenvalue weighted by atomic mass is 10.2. The predicted octanol–water partition coefficient (Wildman–Crippen LogP) is 2.20. The molecular weight excluding hydrogens is 384 g/mol. The average molecular weight is 427 g/mol. The molecule has 8 heteroatoms. The minimum Gasteiger partial charge on any atom is -0.369 e. The Labute approximate surface area is 181 Å². The van der Waals surface area contributed by atoms with Gasteiger partial charge in [-0.25, -0.2) is 0 Å². The third-order valence-electron chi connectivity index (χ3n) is 2.94. The lowest BCUT2D eigenvalue weighted by Gasteiger charge is -1.90. The molecule has 0 unspecified atom stereocenters. The topological polar surface area (TPSA) is 172 Å². The van der Waals surface area contributed by atoms with Crippen molar-refractivity contribution >= 4 is 23.6 Å². The van der Waals surface area contributed by atoms with Gasteiger partial charge in [-0.1, -0.05) is 91.8 Å². The predicted molar refractivity (Wildman–Crippen MR) is 123 cm³/mol. The normalized spacial score (nSPS) is 8.93. The quantitative estimate of drug-likeness (QED) is 0.578. The van der Waals surface area contributed by atoms with Crippen molar-refractivity contribution in [1.29, 1.82) is 0 Å². The van der Waals surface area contributed by atoms with Crippen LogP contribution in [0.15, 0.2) is 36.4 Å². The molecule has 0 atom stereocenters. The second-order valence-corrected chi connectivity index (χ2v) is 7.38. The summed E-state index contributed by atoms with van der Waals surface area (Å²) in [5.41, 5.74) is 19.2. The first kappa shape index (κ1) is 34.6. The van der Waals surface area contributed by atoms with Crippen LogP contribution in [0, 0.1) is 23.7 Å². The summed E-state index contributed by atoms with van der Waals surface area (Å²) >= 11 is 0. The second kappa shape index (κ2) is 22.4. The molecule has 0 saturated carbocycles. The van der Waals surface area contributed by atoms with Gasteiger partial charge in [-0.2, -0.15) is 0 Å². The van der Waals surface area contributed by atoms with Crippen LogP contribution >= 0.6 is 0 Å². The molecule has 0 aromatic heterocycles. The van der Waals surface area contributed by atoms with Crippen LogP contribution in [0.3, 0.4) is 0 Å². The van der Waals surface area contributed by atoms with Gasteiger partial charge in [-0.15, -0.1) is 0 Å². The van der Waals surface area contributed by atoms with Crippen molar-refractivity contribution in [3.05, 3.63) is 36.4 Å². The molecule has 0 aliphatic rings. The summed E-state index contributed by atoms with van der Waals surface area (Å²) in [5, 5.41) is 0. The maximum absolute atomic E-state index is 9.92. The lowest BCUT2D eigenvalue weighted by Crippen LogP contribution is -2.17. The molecule has 30 heavy (non-hydrogen) atoms. The van der Waals surface area contributed by atoms with Crippen molar-refractivity contribution in [3.8, 4) is 0 Å². The molecule has 8 N–H and O–H groups in total. The zero-order valence-corrected chi connectivity index (χ0v) is 19.7. The molecular formula is C22H42N4O4. The Morgan fingerprint density at radius 2 is 0.467 bits per heavy atom. The van der Waals surface area contributed by atoms with E-state index >= 15 is 0 Å². The van der Waals surface area contributed by atoms with Crippen LogP contribution in [0.4, 0.5) is 0 Å². The van der Waals surface area contributed by atoms with E-state index in [2.05, 4.69) is 0 Å². The Kier molecular flexibility index (Phi) is 25.8. The van der Waals surface area contributed by atoms with Gasteiger partial charge in [0.25, 0.3) is 0 Å². The molecule has 1 aromatic rings. The molecule has 1 aromatic carbocycles. The highest BCUT2D eigenvalue weighted by Gasteiger charge is 1.97. The maximum atomic E-state index is 9.92. The summed E-state index contributed by atoms with van der Waals surface area (Å²) in [7, 11) is 0. The molecule has 0 saturated heterocycles. The first-order valence-corrected chi connectivity index (χ1v) is 9.74. The van der Waals surface area contributed by atoms with Crippen molar-refractivity contribution in [2.75, 3.05) is 0 Å². The van der Waals surface area contributed by atoms with Crippen LogP contribution in [0.2, 0.25) is 0 Å². The SMILES string of the molecule is CC(C)C(N)=O.CC(C)C(N)=O.CC(C)C(N)=O.CC(C)C(N)=O.c1ccccc1. The Hall–Kier alpha value is -2.90. The third-order valence-corrected chi connectivity index (χ3v) is 2.94. The van der Waals surface area contributed by atoms with Gasteiger partial charge in [0, 0.05) is 23.7 Å². The molecule has 1 rings (SSSR count). The Morgan fingerprint density at radius 3 is 0.500 bits per heavy atom. The zero-order chi connectivity index (χ0) is 24.9. The monoisotopic (exact) mass is 426 g/mol. The van der Waals surface area contributed by atoms with Gasteiger partial charge in [0.2, 0.25) is 23.6 Å². The van der Waals surface area contributed by atoms with E-state index in [-0.39, 0.29) is 47.3 Å². The van der Waals surface area contributed by atoms with E-state index in [1.165, 1.54) is 0 Å². The van der Waals surface area contributed by atoms with Gasteiger partial charge in [0.1, 0.15) is 0 Å². The molecule has 0 spiro atoms. The summed E-state index contributed by atoms with van der Waals surface area (Å²) in [6, 6.07) is 12.0. The Balaban J connectivity index is -0.000000141. The maximum Gasteiger partial charge on any atom is 0.219 e. The number of hydrogen-bond donors (Lipinski definition) is 4. The standard InChI is InChI=1S/C6H6.4C4H9NO/c1-2-4-6-5-3-1;4*1-3(2)4(5)6/h1-6H;4*3H,1-2H3,(H2,5,6). The smallest absolute Gasteiger partial charge is 0.219 e. The number of benzene rings is 1. The van der Waals surface area contributed by atoms with Crippen molar-refractivity contribution in [2.45, 2.75) is 55.4 Å².